The Kier molecular flexibility index (Phi) is 4.61. The zero-order valence-corrected chi connectivity index (χ0v) is 11.4. The molecule has 0 atom stereocenters. The molecule has 18 heavy (non-hydrogen) atoms. The first-order valence-corrected chi connectivity index (χ1v) is 6.70. The summed E-state index contributed by atoms with van der Waals surface area (Å²) in [6.45, 7) is 5.07. The molecule has 1 aromatic rings. The largest absolute Gasteiger partial charge is 0.392 e. The van der Waals surface area contributed by atoms with Crippen LogP contribution < -0.4 is 4.90 Å². The SMILES string of the molecule is Cc1cc(N(C)CC2CCOCC2)ccc1CO. The van der Waals surface area contributed by atoms with Crippen molar-refractivity contribution in [3.8, 4) is 0 Å². The van der Waals surface area contributed by atoms with E-state index in [2.05, 4.69) is 31.0 Å². The van der Waals surface area contributed by atoms with Gasteiger partial charge in [0.1, 0.15) is 0 Å². The first-order chi connectivity index (χ1) is 8.70. The van der Waals surface area contributed by atoms with E-state index in [1.807, 2.05) is 6.07 Å². The van der Waals surface area contributed by atoms with Gasteiger partial charge in [0.2, 0.25) is 0 Å². The lowest BCUT2D eigenvalue weighted by Crippen LogP contribution is -2.29. The van der Waals surface area contributed by atoms with Crippen LogP contribution in [0.5, 0.6) is 0 Å². The average molecular weight is 249 g/mol. The van der Waals surface area contributed by atoms with Crippen LogP contribution in [0.1, 0.15) is 24.0 Å². The van der Waals surface area contributed by atoms with Crippen LogP contribution in [0, 0.1) is 12.8 Å². The van der Waals surface area contributed by atoms with Crippen LogP contribution in [0.4, 0.5) is 5.69 Å². The number of anilines is 1. The Hall–Kier alpha value is -1.06. The van der Waals surface area contributed by atoms with Crippen molar-refractivity contribution >= 4 is 5.69 Å². The quantitative estimate of drug-likeness (QED) is 0.889. The van der Waals surface area contributed by atoms with Gasteiger partial charge in [-0.1, -0.05) is 6.07 Å². The molecule has 3 heteroatoms. The standard InChI is InChI=1S/C15H23NO2/c1-12-9-15(4-3-14(12)11-17)16(2)10-13-5-7-18-8-6-13/h3-4,9,13,17H,5-8,10-11H2,1-2H3. The number of aliphatic hydroxyl groups excluding tert-OH is 1. The van der Waals surface area contributed by atoms with Crippen molar-refractivity contribution in [3.05, 3.63) is 29.3 Å². The summed E-state index contributed by atoms with van der Waals surface area (Å²) < 4.78 is 5.39. The Morgan fingerprint density at radius 1 is 1.33 bits per heavy atom. The van der Waals surface area contributed by atoms with Gasteiger partial charge in [-0.05, 0) is 48.9 Å². The summed E-state index contributed by atoms with van der Waals surface area (Å²) in [6, 6.07) is 6.27. The smallest absolute Gasteiger partial charge is 0.0684 e. The first kappa shape index (κ1) is 13.4. The summed E-state index contributed by atoms with van der Waals surface area (Å²) in [4.78, 5) is 2.31. The third kappa shape index (κ3) is 3.24. The molecular formula is C15H23NO2. The van der Waals surface area contributed by atoms with Crippen LogP contribution in [0.15, 0.2) is 18.2 Å². The van der Waals surface area contributed by atoms with E-state index in [1.54, 1.807) is 0 Å². The maximum atomic E-state index is 9.18. The molecule has 1 fully saturated rings. The van der Waals surface area contributed by atoms with Gasteiger partial charge >= 0.3 is 0 Å². The van der Waals surface area contributed by atoms with Gasteiger partial charge in [-0.2, -0.15) is 0 Å². The van der Waals surface area contributed by atoms with Gasteiger partial charge < -0.3 is 14.7 Å². The van der Waals surface area contributed by atoms with Crippen LogP contribution in [0.2, 0.25) is 0 Å². The fourth-order valence-electron chi connectivity index (χ4n) is 2.52. The van der Waals surface area contributed by atoms with E-state index in [0.29, 0.717) is 0 Å². The molecule has 1 heterocycles. The third-order valence-corrected chi connectivity index (χ3v) is 3.81. The lowest BCUT2D eigenvalue weighted by molar-refractivity contribution is 0.0685. The summed E-state index contributed by atoms with van der Waals surface area (Å²) in [5, 5.41) is 9.18. The fourth-order valence-corrected chi connectivity index (χ4v) is 2.52. The topological polar surface area (TPSA) is 32.7 Å². The molecule has 100 valence electrons. The molecule has 0 spiro atoms. The Morgan fingerprint density at radius 2 is 2.06 bits per heavy atom. The second kappa shape index (κ2) is 6.21. The van der Waals surface area contributed by atoms with Gasteiger partial charge in [0.15, 0.2) is 0 Å². The number of aliphatic hydroxyl groups is 1. The van der Waals surface area contributed by atoms with E-state index < -0.39 is 0 Å². The van der Waals surface area contributed by atoms with Gasteiger partial charge in [-0.15, -0.1) is 0 Å². The molecule has 0 saturated carbocycles. The summed E-state index contributed by atoms with van der Waals surface area (Å²) >= 11 is 0. The second-order valence-electron chi connectivity index (χ2n) is 5.21. The van der Waals surface area contributed by atoms with E-state index in [9.17, 15) is 5.11 Å². The highest BCUT2D eigenvalue weighted by molar-refractivity contribution is 5.50. The monoisotopic (exact) mass is 249 g/mol. The van der Waals surface area contributed by atoms with Crippen LogP contribution in [-0.4, -0.2) is 31.9 Å². The Morgan fingerprint density at radius 3 is 2.67 bits per heavy atom. The Labute approximate surface area is 109 Å². The van der Waals surface area contributed by atoms with Crippen molar-refractivity contribution in [2.45, 2.75) is 26.4 Å². The highest BCUT2D eigenvalue weighted by Gasteiger charge is 2.16. The molecular weight excluding hydrogens is 226 g/mol. The molecule has 1 N–H and O–H groups in total. The van der Waals surface area contributed by atoms with Crippen molar-refractivity contribution in [2.24, 2.45) is 5.92 Å². The number of rotatable bonds is 4. The van der Waals surface area contributed by atoms with Crippen LogP contribution in [0.3, 0.4) is 0 Å². The van der Waals surface area contributed by atoms with Crippen LogP contribution in [0.25, 0.3) is 0 Å². The van der Waals surface area contributed by atoms with Crippen molar-refractivity contribution < 1.29 is 9.84 Å². The molecule has 0 radical (unpaired) electrons. The third-order valence-electron chi connectivity index (χ3n) is 3.81. The summed E-state index contributed by atoms with van der Waals surface area (Å²) in [5.74, 6) is 0.738. The zero-order chi connectivity index (χ0) is 13.0. The lowest BCUT2D eigenvalue weighted by atomic mass is 9.99. The molecule has 1 aliphatic rings. The van der Waals surface area contributed by atoms with E-state index in [1.165, 1.54) is 5.69 Å². The molecule has 1 aromatic carbocycles. The fraction of sp³-hybridized carbons (Fsp3) is 0.600. The van der Waals surface area contributed by atoms with Crippen LogP contribution in [-0.2, 0) is 11.3 Å². The molecule has 0 aliphatic carbocycles. The molecule has 1 saturated heterocycles. The number of nitrogens with zero attached hydrogens (tertiary/aromatic N) is 1. The minimum absolute atomic E-state index is 0.121. The Bertz CT molecular complexity index is 386. The zero-order valence-electron chi connectivity index (χ0n) is 11.4. The van der Waals surface area contributed by atoms with E-state index >= 15 is 0 Å². The molecule has 2 rings (SSSR count). The molecule has 0 aromatic heterocycles. The summed E-state index contributed by atoms with van der Waals surface area (Å²) in [7, 11) is 2.14. The van der Waals surface area contributed by atoms with E-state index in [0.717, 1.165) is 49.6 Å². The van der Waals surface area contributed by atoms with Gasteiger partial charge in [0, 0.05) is 32.5 Å². The van der Waals surface area contributed by atoms with Crippen molar-refractivity contribution in [3.63, 3.8) is 0 Å². The number of hydrogen-bond donors (Lipinski definition) is 1. The van der Waals surface area contributed by atoms with Gasteiger partial charge in [-0.25, -0.2) is 0 Å². The predicted octanol–water partition coefficient (Wildman–Crippen LogP) is 2.35. The number of aryl methyl sites for hydroxylation is 1. The van der Waals surface area contributed by atoms with Crippen molar-refractivity contribution in [1.82, 2.24) is 0 Å². The normalized spacial score (nSPS) is 16.8. The molecule has 0 unspecified atom stereocenters. The predicted molar refractivity (Wildman–Crippen MR) is 73.9 cm³/mol. The van der Waals surface area contributed by atoms with Crippen molar-refractivity contribution in [1.29, 1.82) is 0 Å². The lowest BCUT2D eigenvalue weighted by Gasteiger charge is -2.28. The molecule has 3 nitrogen and oxygen atoms in total. The maximum Gasteiger partial charge on any atom is 0.0684 e. The van der Waals surface area contributed by atoms with Crippen LogP contribution >= 0.6 is 0 Å². The average Bonchev–Trinajstić information content (AvgIpc) is 2.39. The minimum atomic E-state index is 0.121. The first-order valence-electron chi connectivity index (χ1n) is 6.70. The summed E-state index contributed by atoms with van der Waals surface area (Å²) in [6.07, 6.45) is 2.33. The molecule has 0 amide bonds. The van der Waals surface area contributed by atoms with E-state index in [4.69, 9.17) is 4.74 Å². The number of ether oxygens (including phenoxy) is 1. The van der Waals surface area contributed by atoms with Crippen molar-refractivity contribution in [2.75, 3.05) is 31.7 Å². The number of hydrogen-bond acceptors (Lipinski definition) is 3. The summed E-state index contributed by atoms with van der Waals surface area (Å²) in [5.41, 5.74) is 3.41. The van der Waals surface area contributed by atoms with E-state index in [-0.39, 0.29) is 6.61 Å². The molecule has 1 aliphatic heterocycles. The second-order valence-corrected chi connectivity index (χ2v) is 5.21. The minimum Gasteiger partial charge on any atom is -0.392 e. The highest BCUT2D eigenvalue weighted by Crippen LogP contribution is 2.22. The van der Waals surface area contributed by atoms with Gasteiger partial charge in [-0.3, -0.25) is 0 Å². The van der Waals surface area contributed by atoms with Gasteiger partial charge in [0.25, 0.3) is 0 Å². The number of benzene rings is 1. The highest BCUT2D eigenvalue weighted by atomic mass is 16.5. The maximum absolute atomic E-state index is 9.18. The Balaban J connectivity index is 1.99. The van der Waals surface area contributed by atoms with Gasteiger partial charge in [0.05, 0.1) is 6.61 Å². The molecule has 0 bridgehead atoms.